The van der Waals surface area contributed by atoms with Crippen molar-refractivity contribution in [2.24, 2.45) is 0 Å². The van der Waals surface area contributed by atoms with Crippen molar-refractivity contribution >= 4 is 65.7 Å². The summed E-state index contributed by atoms with van der Waals surface area (Å²) in [5.41, 5.74) is -2.53. The van der Waals surface area contributed by atoms with Crippen LogP contribution in [0.3, 0.4) is 0 Å². The summed E-state index contributed by atoms with van der Waals surface area (Å²) >= 11 is 4.73. The van der Waals surface area contributed by atoms with Gasteiger partial charge in [-0.05, 0) is 90.5 Å². The zero-order valence-corrected chi connectivity index (χ0v) is 35.3. The number of nitrogens with zero attached hydrogens (tertiary/aromatic N) is 6. The van der Waals surface area contributed by atoms with Crippen LogP contribution in [-0.2, 0) is 30.1 Å². The van der Waals surface area contributed by atoms with E-state index in [1.807, 2.05) is 11.0 Å². The fourth-order valence-corrected chi connectivity index (χ4v) is 9.50. The van der Waals surface area contributed by atoms with Crippen LogP contribution < -0.4 is 20.9 Å². The molecule has 1 aromatic carbocycles. The Morgan fingerprint density at radius 1 is 1.07 bits per heavy atom. The van der Waals surface area contributed by atoms with Gasteiger partial charge in [-0.1, -0.05) is 6.07 Å². The number of rotatable bonds is 12. The van der Waals surface area contributed by atoms with Gasteiger partial charge in [0.05, 0.1) is 35.6 Å². The molecule has 322 valence electrons. The molecule has 2 aromatic rings. The molecule has 4 atom stereocenters. The maximum Gasteiger partial charge on any atom is 0.419 e. The maximum absolute atomic E-state index is 13.7. The third kappa shape index (κ3) is 10.7. The maximum atomic E-state index is 13.7. The van der Waals surface area contributed by atoms with Gasteiger partial charge in [-0.25, -0.2) is 4.98 Å². The highest BCUT2D eigenvalue weighted by molar-refractivity contribution is 7.81. The number of carbonyl (C=O) groups is 4. The van der Waals surface area contributed by atoms with Gasteiger partial charge in [-0.3, -0.25) is 39.2 Å². The molecular weight excluding hydrogens is 811 g/mol. The van der Waals surface area contributed by atoms with E-state index in [1.54, 1.807) is 32.0 Å². The average Bonchev–Trinajstić information content (AvgIpc) is 3.34. The van der Waals surface area contributed by atoms with Crippen LogP contribution in [0.5, 0.6) is 0 Å². The second kappa shape index (κ2) is 19.2. The number of nitrogens with one attached hydrogen (secondary N) is 3. The molecule has 4 heterocycles. The highest BCUT2D eigenvalue weighted by Crippen LogP contribution is 2.43. The first kappa shape index (κ1) is 46.1. The summed E-state index contributed by atoms with van der Waals surface area (Å²) < 4.78 is 47.4. The number of piperidine rings is 1. The Labute approximate surface area is 354 Å². The van der Waals surface area contributed by atoms with E-state index in [4.69, 9.17) is 22.6 Å². The molecule has 2 unspecified atom stereocenters. The topological polar surface area (TPSA) is 163 Å². The third-order valence-corrected chi connectivity index (χ3v) is 12.1. The van der Waals surface area contributed by atoms with Crippen LogP contribution in [0.4, 0.5) is 30.2 Å². The number of anilines is 3. The molecular formula is C40H53ClF3N9O5S. The lowest BCUT2D eigenvalue weighted by atomic mass is 9.89. The molecule has 59 heavy (non-hydrogen) atoms. The van der Waals surface area contributed by atoms with Crippen molar-refractivity contribution in [2.75, 3.05) is 48.3 Å². The van der Waals surface area contributed by atoms with E-state index in [1.165, 1.54) is 11.0 Å². The Balaban J connectivity index is 0.00000661. The lowest BCUT2D eigenvalue weighted by Crippen LogP contribution is -2.58. The fraction of sp³-hybridized carbons (Fsp3) is 0.600. The minimum Gasteiger partial charge on any atom is -0.378 e. The molecule has 0 spiro atoms. The van der Waals surface area contributed by atoms with Gasteiger partial charge >= 0.3 is 6.18 Å². The number of ether oxygens (including phenoxy) is 1. The normalized spacial score (nSPS) is 26.8. The number of pyridine rings is 1. The van der Waals surface area contributed by atoms with Crippen LogP contribution in [-0.4, -0.2) is 117 Å². The first-order valence-corrected chi connectivity index (χ1v) is 20.3. The number of nitriles is 1. The Morgan fingerprint density at radius 3 is 2.39 bits per heavy atom. The number of carbonyl (C=O) groups excluding carboxylic acids is 4. The van der Waals surface area contributed by atoms with E-state index in [2.05, 4.69) is 44.6 Å². The van der Waals surface area contributed by atoms with Gasteiger partial charge in [-0.15, -0.1) is 25.0 Å². The molecule has 0 radical (unpaired) electrons. The number of amides is 4. The van der Waals surface area contributed by atoms with Gasteiger partial charge in [0, 0.05) is 62.2 Å². The molecule has 4 fully saturated rings. The van der Waals surface area contributed by atoms with Gasteiger partial charge in [0.25, 0.3) is 0 Å². The van der Waals surface area contributed by atoms with Crippen molar-refractivity contribution < 1.29 is 37.1 Å². The van der Waals surface area contributed by atoms with Crippen LogP contribution in [0.15, 0.2) is 36.5 Å². The summed E-state index contributed by atoms with van der Waals surface area (Å²) in [5, 5.41) is 17.6. The number of halogens is 4. The van der Waals surface area contributed by atoms with Crippen LogP contribution in [0.25, 0.3) is 0 Å². The fourth-order valence-electron chi connectivity index (χ4n) is 8.78. The van der Waals surface area contributed by atoms with Crippen molar-refractivity contribution in [1.82, 2.24) is 25.0 Å². The lowest BCUT2D eigenvalue weighted by Gasteiger charge is -2.44. The number of thiol groups is 1. The second-order valence-electron chi connectivity index (χ2n) is 16.2. The van der Waals surface area contributed by atoms with E-state index in [0.29, 0.717) is 24.4 Å². The first-order valence-electron chi connectivity index (χ1n) is 19.8. The predicted octanol–water partition coefficient (Wildman–Crippen LogP) is 5.00. The number of aromatic nitrogens is 1. The zero-order chi connectivity index (χ0) is 41.9. The molecule has 6 rings (SSSR count). The van der Waals surface area contributed by atoms with Crippen molar-refractivity contribution in [2.45, 2.75) is 120 Å². The van der Waals surface area contributed by atoms with Crippen LogP contribution in [0.1, 0.15) is 83.9 Å². The predicted molar refractivity (Wildman–Crippen MR) is 221 cm³/mol. The second-order valence-corrected chi connectivity index (χ2v) is 16.7. The summed E-state index contributed by atoms with van der Waals surface area (Å²) in [7, 11) is 0. The lowest BCUT2D eigenvalue weighted by molar-refractivity contribution is -0.138. The summed E-state index contributed by atoms with van der Waals surface area (Å²) in [6.07, 6.45) is 0.933. The van der Waals surface area contributed by atoms with Gasteiger partial charge in [0.2, 0.25) is 23.6 Å². The largest absolute Gasteiger partial charge is 0.419 e. The molecule has 4 amide bonds. The van der Waals surface area contributed by atoms with Crippen LogP contribution >= 0.6 is 25.0 Å². The SMILES string of the molecule is C[C@@H]1CN(CCCOC2CCC(N3C(S)N(c4cnc(C#N)c(C(F)(F)F)c4)C(=O)C3(C)C)CC2)C[C@H](C)N1CC(=O)Nc1cccc(NC2CCC(=O)NC2=O)c1.Cl. The number of hydrogen-bond acceptors (Lipinski definition) is 12. The van der Waals surface area contributed by atoms with Crippen LogP contribution in [0, 0.1) is 11.3 Å². The highest BCUT2D eigenvalue weighted by Gasteiger charge is 2.54. The number of benzene rings is 1. The Hall–Kier alpha value is -3.99. The molecule has 19 heteroatoms. The summed E-state index contributed by atoms with van der Waals surface area (Å²) in [4.78, 5) is 61.9. The summed E-state index contributed by atoms with van der Waals surface area (Å²) in [6, 6.07) is 9.22. The Morgan fingerprint density at radius 2 is 1.75 bits per heavy atom. The molecule has 1 aromatic heterocycles. The average molecular weight is 864 g/mol. The van der Waals surface area contributed by atoms with E-state index in [-0.39, 0.29) is 78.9 Å². The van der Waals surface area contributed by atoms with E-state index in [0.717, 1.165) is 64.0 Å². The minimum absolute atomic E-state index is 0. The molecule has 4 aliphatic rings. The quantitative estimate of drug-likeness (QED) is 0.129. The molecule has 0 bridgehead atoms. The van der Waals surface area contributed by atoms with Crippen molar-refractivity contribution in [1.29, 1.82) is 5.26 Å². The van der Waals surface area contributed by atoms with Crippen molar-refractivity contribution in [3.05, 3.63) is 47.8 Å². The Bertz CT molecular complexity index is 1900. The third-order valence-electron chi connectivity index (χ3n) is 11.7. The smallest absolute Gasteiger partial charge is 0.378 e. The molecule has 1 aliphatic carbocycles. The van der Waals surface area contributed by atoms with E-state index in [9.17, 15) is 32.3 Å². The number of hydrogen-bond donors (Lipinski definition) is 4. The number of imide groups is 1. The highest BCUT2D eigenvalue weighted by atomic mass is 35.5. The number of alkyl halides is 3. The minimum atomic E-state index is -4.80. The molecule has 14 nitrogen and oxygen atoms in total. The monoisotopic (exact) mass is 863 g/mol. The molecule has 3 aliphatic heterocycles. The molecule has 1 saturated carbocycles. The molecule has 3 saturated heterocycles. The summed E-state index contributed by atoms with van der Waals surface area (Å²) in [5.74, 6) is -1.15. The Kier molecular flexibility index (Phi) is 15.0. The standard InChI is InChI=1S/C40H52F3N9O5S.ClH/c1-24-21-49(22-25(2)50(24)23-35(54)47-27-8-5-7-26(17-27)46-32-13-14-34(53)48-36(32)55)15-6-16-57-30-11-9-28(10-12-30)52-38(58)51(37(56)39(52,3)4)29-18-31(40(41,42)43)33(19-44)45-20-29;/h5,7-8,17-18,20,24-25,28,30,32,38,46,58H,6,9-16,21-23H2,1-4H3,(H,47,54)(H,48,53,55);1H/t24-,25+,28?,30?,32?,38?;. The number of piperazine rings is 1. The first-order chi connectivity index (χ1) is 27.5. The van der Waals surface area contributed by atoms with Gasteiger partial charge < -0.3 is 20.3 Å². The van der Waals surface area contributed by atoms with Gasteiger partial charge in [0.15, 0.2) is 5.69 Å². The van der Waals surface area contributed by atoms with Gasteiger partial charge in [0.1, 0.15) is 17.6 Å². The van der Waals surface area contributed by atoms with Crippen LogP contribution in [0.2, 0.25) is 0 Å². The van der Waals surface area contributed by atoms with Crippen molar-refractivity contribution in [3.8, 4) is 6.07 Å². The van der Waals surface area contributed by atoms with Crippen molar-refractivity contribution in [3.63, 3.8) is 0 Å². The van der Waals surface area contributed by atoms with Gasteiger partial charge in [-0.2, -0.15) is 18.4 Å². The van der Waals surface area contributed by atoms with E-state index >= 15 is 0 Å². The zero-order valence-electron chi connectivity index (χ0n) is 33.6. The molecule has 3 N–H and O–H groups in total. The van der Waals surface area contributed by atoms with E-state index < -0.39 is 34.5 Å². The summed E-state index contributed by atoms with van der Waals surface area (Å²) in [6.45, 7) is 11.1.